The predicted molar refractivity (Wildman–Crippen MR) is 76.4 cm³/mol. The number of hydrogen-bond donors (Lipinski definition) is 0. The first kappa shape index (κ1) is 13.1. The van der Waals surface area contributed by atoms with E-state index in [1.807, 2.05) is 13.0 Å². The lowest BCUT2D eigenvalue weighted by Gasteiger charge is -2.29. The van der Waals surface area contributed by atoms with Crippen molar-refractivity contribution in [3.63, 3.8) is 0 Å². The van der Waals surface area contributed by atoms with Gasteiger partial charge in [-0.25, -0.2) is 0 Å². The number of carbonyl (C=O) groups excluding carboxylic acids is 1. The summed E-state index contributed by atoms with van der Waals surface area (Å²) < 4.78 is 0. The van der Waals surface area contributed by atoms with Crippen molar-refractivity contribution < 1.29 is 4.79 Å². The molecule has 0 aliphatic heterocycles. The molecule has 2 rings (SSSR count). The van der Waals surface area contributed by atoms with Gasteiger partial charge in [0.25, 0.3) is 0 Å². The molecule has 1 fully saturated rings. The molecule has 18 heavy (non-hydrogen) atoms. The zero-order chi connectivity index (χ0) is 13.0. The first-order valence-corrected chi connectivity index (χ1v) is 6.97. The maximum atomic E-state index is 11.1. The summed E-state index contributed by atoms with van der Waals surface area (Å²) in [6, 6.07) is 6.13. The lowest BCUT2D eigenvalue weighted by molar-refractivity contribution is 0.112. The topological polar surface area (TPSA) is 20.3 Å². The summed E-state index contributed by atoms with van der Waals surface area (Å²) in [5.74, 6) is 0.796. The Balaban J connectivity index is 2.07. The molecule has 1 aromatic carbocycles. The Labute approximate surface area is 110 Å². The summed E-state index contributed by atoms with van der Waals surface area (Å²) in [5, 5.41) is 0. The molecule has 1 saturated carbocycles. The van der Waals surface area contributed by atoms with Gasteiger partial charge < -0.3 is 4.90 Å². The maximum absolute atomic E-state index is 11.1. The van der Waals surface area contributed by atoms with Crippen LogP contribution in [0.3, 0.4) is 0 Å². The molecule has 0 N–H and O–H groups in total. The fraction of sp³-hybridized carbons (Fsp3) is 0.562. The molecule has 0 unspecified atom stereocenters. The second kappa shape index (κ2) is 6.03. The van der Waals surface area contributed by atoms with Gasteiger partial charge >= 0.3 is 0 Å². The van der Waals surface area contributed by atoms with E-state index in [0.29, 0.717) is 0 Å². The van der Waals surface area contributed by atoms with Crippen molar-refractivity contribution in [2.75, 3.05) is 18.5 Å². The van der Waals surface area contributed by atoms with E-state index in [1.165, 1.54) is 32.1 Å². The van der Waals surface area contributed by atoms with Gasteiger partial charge in [-0.05, 0) is 37.8 Å². The third-order valence-corrected chi connectivity index (χ3v) is 3.98. The minimum absolute atomic E-state index is 0.796. The van der Waals surface area contributed by atoms with E-state index in [2.05, 4.69) is 24.1 Å². The fourth-order valence-corrected chi connectivity index (χ4v) is 2.97. The van der Waals surface area contributed by atoms with Gasteiger partial charge in [0.1, 0.15) is 0 Å². The number of benzene rings is 1. The van der Waals surface area contributed by atoms with Crippen LogP contribution >= 0.6 is 0 Å². The third kappa shape index (κ3) is 3.12. The van der Waals surface area contributed by atoms with Crippen LogP contribution < -0.4 is 4.90 Å². The molecule has 0 aromatic heterocycles. The normalized spacial score (nSPS) is 16.6. The van der Waals surface area contributed by atoms with Gasteiger partial charge in [-0.2, -0.15) is 0 Å². The Hall–Kier alpha value is -1.31. The number of aryl methyl sites for hydroxylation is 1. The molecular weight excluding hydrogens is 222 g/mol. The standard InChI is InChI=1S/C16H23NO/c1-13-8-9-16(15(10-13)12-18)17(2)11-14-6-4-3-5-7-14/h8-10,12,14H,3-7,11H2,1-2H3. The average Bonchev–Trinajstić information content (AvgIpc) is 2.39. The molecule has 0 amide bonds. The van der Waals surface area contributed by atoms with Gasteiger partial charge in [-0.1, -0.05) is 30.9 Å². The molecule has 0 radical (unpaired) electrons. The molecule has 0 spiro atoms. The molecule has 1 aliphatic rings. The van der Waals surface area contributed by atoms with Crippen LogP contribution in [0.4, 0.5) is 5.69 Å². The molecule has 0 bridgehead atoms. The highest BCUT2D eigenvalue weighted by Gasteiger charge is 2.16. The highest BCUT2D eigenvalue weighted by molar-refractivity contribution is 5.84. The molecule has 0 heterocycles. The summed E-state index contributed by atoms with van der Waals surface area (Å²) in [7, 11) is 2.10. The van der Waals surface area contributed by atoms with E-state index in [4.69, 9.17) is 0 Å². The molecular formula is C16H23NO. The highest BCUT2D eigenvalue weighted by atomic mass is 16.1. The van der Waals surface area contributed by atoms with Crippen molar-refractivity contribution in [2.24, 2.45) is 5.92 Å². The monoisotopic (exact) mass is 245 g/mol. The molecule has 2 nitrogen and oxygen atoms in total. The lowest BCUT2D eigenvalue weighted by atomic mass is 9.89. The van der Waals surface area contributed by atoms with E-state index >= 15 is 0 Å². The third-order valence-electron chi connectivity index (χ3n) is 3.98. The fourth-order valence-electron chi connectivity index (χ4n) is 2.97. The van der Waals surface area contributed by atoms with Gasteiger partial charge in [0, 0.05) is 24.8 Å². The van der Waals surface area contributed by atoms with Crippen molar-refractivity contribution >= 4 is 12.0 Å². The first-order chi connectivity index (χ1) is 8.70. The van der Waals surface area contributed by atoms with Crippen molar-refractivity contribution in [3.05, 3.63) is 29.3 Å². The van der Waals surface area contributed by atoms with Gasteiger partial charge in [-0.15, -0.1) is 0 Å². The van der Waals surface area contributed by atoms with Gasteiger partial charge in [0.2, 0.25) is 0 Å². The second-order valence-corrected chi connectivity index (χ2v) is 5.56. The van der Waals surface area contributed by atoms with E-state index in [0.717, 1.165) is 35.6 Å². The minimum atomic E-state index is 0.796. The largest absolute Gasteiger partial charge is 0.374 e. The Morgan fingerprint density at radius 1 is 1.28 bits per heavy atom. The van der Waals surface area contributed by atoms with E-state index in [9.17, 15) is 4.79 Å². The van der Waals surface area contributed by atoms with Crippen LogP contribution in [0.15, 0.2) is 18.2 Å². The van der Waals surface area contributed by atoms with Crippen LogP contribution in [-0.4, -0.2) is 19.9 Å². The van der Waals surface area contributed by atoms with Gasteiger partial charge in [-0.3, -0.25) is 4.79 Å². The van der Waals surface area contributed by atoms with Crippen molar-refractivity contribution in [1.82, 2.24) is 0 Å². The van der Waals surface area contributed by atoms with E-state index < -0.39 is 0 Å². The Morgan fingerprint density at radius 2 is 2.00 bits per heavy atom. The zero-order valence-corrected chi connectivity index (χ0v) is 11.5. The lowest BCUT2D eigenvalue weighted by Crippen LogP contribution is -2.27. The minimum Gasteiger partial charge on any atom is -0.374 e. The Kier molecular flexibility index (Phi) is 4.40. The SMILES string of the molecule is Cc1ccc(N(C)CC2CCCCC2)c(C=O)c1. The Bertz CT molecular complexity index is 408. The zero-order valence-electron chi connectivity index (χ0n) is 11.5. The Morgan fingerprint density at radius 3 is 2.67 bits per heavy atom. The highest BCUT2D eigenvalue weighted by Crippen LogP contribution is 2.27. The summed E-state index contributed by atoms with van der Waals surface area (Å²) in [6.07, 6.45) is 7.78. The van der Waals surface area contributed by atoms with E-state index in [-0.39, 0.29) is 0 Å². The average molecular weight is 245 g/mol. The summed E-state index contributed by atoms with van der Waals surface area (Å²) in [4.78, 5) is 13.4. The second-order valence-electron chi connectivity index (χ2n) is 5.56. The molecule has 1 aliphatic carbocycles. The van der Waals surface area contributed by atoms with Gasteiger partial charge in [0.15, 0.2) is 6.29 Å². The van der Waals surface area contributed by atoms with Crippen molar-refractivity contribution in [3.8, 4) is 0 Å². The molecule has 98 valence electrons. The summed E-state index contributed by atoms with van der Waals surface area (Å²) >= 11 is 0. The van der Waals surface area contributed by atoms with Crippen LogP contribution in [0.1, 0.15) is 48.0 Å². The van der Waals surface area contributed by atoms with E-state index in [1.54, 1.807) is 0 Å². The van der Waals surface area contributed by atoms with Crippen molar-refractivity contribution in [2.45, 2.75) is 39.0 Å². The first-order valence-electron chi connectivity index (χ1n) is 6.97. The van der Waals surface area contributed by atoms with Crippen LogP contribution in [0, 0.1) is 12.8 Å². The van der Waals surface area contributed by atoms with Gasteiger partial charge in [0.05, 0.1) is 0 Å². The van der Waals surface area contributed by atoms with Crippen LogP contribution in [0.2, 0.25) is 0 Å². The molecule has 0 saturated heterocycles. The summed E-state index contributed by atoms with van der Waals surface area (Å²) in [6.45, 7) is 3.10. The number of aldehydes is 1. The number of anilines is 1. The van der Waals surface area contributed by atoms with Crippen LogP contribution in [-0.2, 0) is 0 Å². The summed E-state index contributed by atoms with van der Waals surface area (Å²) in [5.41, 5.74) is 3.03. The predicted octanol–water partition coefficient (Wildman–Crippen LogP) is 3.82. The smallest absolute Gasteiger partial charge is 0.152 e. The molecule has 2 heteroatoms. The number of rotatable bonds is 4. The molecule has 1 aromatic rings. The number of carbonyl (C=O) groups is 1. The van der Waals surface area contributed by atoms with Crippen molar-refractivity contribution in [1.29, 1.82) is 0 Å². The quantitative estimate of drug-likeness (QED) is 0.751. The molecule has 0 atom stereocenters. The van der Waals surface area contributed by atoms with Crippen LogP contribution in [0.25, 0.3) is 0 Å². The number of hydrogen-bond acceptors (Lipinski definition) is 2. The number of nitrogens with zero attached hydrogens (tertiary/aromatic N) is 1. The van der Waals surface area contributed by atoms with Crippen LogP contribution in [0.5, 0.6) is 0 Å². The maximum Gasteiger partial charge on any atom is 0.152 e.